The first kappa shape index (κ1) is 43.2. The number of piperidine rings is 1. The highest BCUT2D eigenvalue weighted by atomic mass is 35.5. The molecule has 5 aromatic rings. The van der Waals surface area contributed by atoms with Crippen molar-refractivity contribution in [1.82, 2.24) is 25.3 Å². The zero-order valence-electron chi connectivity index (χ0n) is 35.9. The van der Waals surface area contributed by atoms with Crippen molar-refractivity contribution >= 4 is 52.1 Å². The van der Waals surface area contributed by atoms with Crippen LogP contribution < -0.4 is 30.7 Å². The maximum Gasteiger partial charge on any atom is 0.329 e. The van der Waals surface area contributed by atoms with Gasteiger partial charge in [-0.15, -0.1) is 0 Å². The molecule has 4 aliphatic rings. The fraction of sp³-hybridized carbons (Fsp3) is 0.396. The van der Waals surface area contributed by atoms with Gasteiger partial charge in [0.1, 0.15) is 11.6 Å². The van der Waals surface area contributed by atoms with Gasteiger partial charge in [0.2, 0.25) is 17.7 Å². The minimum atomic E-state index is -1.08. The van der Waals surface area contributed by atoms with Crippen molar-refractivity contribution < 1.29 is 37.4 Å². The number of aryl methyl sites for hydroxylation is 1. The van der Waals surface area contributed by atoms with Crippen molar-refractivity contribution in [3.05, 3.63) is 106 Å². The largest absolute Gasteiger partial charge is 0.494 e. The van der Waals surface area contributed by atoms with Crippen molar-refractivity contribution in [2.45, 2.75) is 75.3 Å². The van der Waals surface area contributed by atoms with Gasteiger partial charge in [0.15, 0.2) is 23.0 Å². The predicted molar refractivity (Wildman–Crippen MR) is 238 cm³/mol. The summed E-state index contributed by atoms with van der Waals surface area (Å²) in [6, 6.07) is 19.1. The van der Waals surface area contributed by atoms with Crippen LogP contribution >= 0.6 is 11.6 Å². The molecule has 5 amide bonds. The second kappa shape index (κ2) is 17.1. The van der Waals surface area contributed by atoms with Gasteiger partial charge in [-0.1, -0.05) is 61.0 Å². The van der Waals surface area contributed by atoms with E-state index in [2.05, 4.69) is 16.7 Å². The van der Waals surface area contributed by atoms with Crippen LogP contribution in [0.1, 0.15) is 90.8 Å². The number of benzene rings is 4. The molecule has 0 spiro atoms. The van der Waals surface area contributed by atoms with Gasteiger partial charge in [0.25, 0.3) is 0 Å². The van der Waals surface area contributed by atoms with Gasteiger partial charge < -0.3 is 25.4 Å². The second-order valence-corrected chi connectivity index (χ2v) is 17.8. The highest BCUT2D eigenvalue weighted by Crippen LogP contribution is 2.56. The fourth-order valence-electron chi connectivity index (χ4n) is 10.5. The number of fused-ring (bicyclic) bond motifs is 2. The molecule has 1 aliphatic carbocycles. The van der Waals surface area contributed by atoms with Crippen molar-refractivity contribution in [2.75, 3.05) is 38.2 Å². The van der Waals surface area contributed by atoms with Crippen LogP contribution in [-0.4, -0.2) is 77.8 Å². The maximum atomic E-state index is 16.2. The number of halogens is 3. The van der Waals surface area contributed by atoms with Crippen molar-refractivity contribution in [3.63, 3.8) is 0 Å². The van der Waals surface area contributed by atoms with Gasteiger partial charge in [0.05, 0.1) is 23.2 Å². The molecule has 3 fully saturated rings. The Morgan fingerprint density at radius 2 is 1.72 bits per heavy atom. The summed E-state index contributed by atoms with van der Waals surface area (Å²) in [6.45, 7) is 3.78. The van der Waals surface area contributed by atoms with Crippen LogP contribution in [0.3, 0.4) is 0 Å². The lowest BCUT2D eigenvalue weighted by Crippen LogP contribution is -2.49. The smallest absolute Gasteiger partial charge is 0.329 e. The lowest BCUT2D eigenvalue weighted by atomic mass is 9.77. The number of rotatable bonds is 10. The predicted octanol–water partition coefficient (Wildman–Crippen LogP) is 7.67. The molecule has 1 saturated carbocycles. The molecular formula is C48H50ClF2N7O6. The highest BCUT2D eigenvalue weighted by molar-refractivity contribution is 6.34. The summed E-state index contributed by atoms with van der Waals surface area (Å²) in [7, 11) is 3.16. The highest BCUT2D eigenvalue weighted by Gasteiger charge is 2.50. The number of amides is 5. The van der Waals surface area contributed by atoms with Gasteiger partial charge in [-0.3, -0.25) is 29.3 Å². The maximum absolute atomic E-state index is 16.2. The Hall–Kier alpha value is -6.06. The Bertz CT molecular complexity index is 2680. The van der Waals surface area contributed by atoms with Gasteiger partial charge in [0, 0.05) is 85.7 Å². The average molecular weight is 894 g/mol. The number of carbonyl (C=O) groups is 4. The van der Waals surface area contributed by atoms with Crippen molar-refractivity contribution in [2.24, 2.45) is 18.7 Å². The summed E-state index contributed by atoms with van der Waals surface area (Å²) < 4.78 is 45.8. The Kier molecular flexibility index (Phi) is 11.6. The van der Waals surface area contributed by atoms with Crippen LogP contribution in [0.5, 0.6) is 11.5 Å². The summed E-state index contributed by atoms with van der Waals surface area (Å²) in [5, 5.41) is 11.3. The molecular weight excluding hydrogens is 844 g/mol. The number of nitrogens with one attached hydrogen (secondary N) is 2. The number of hydrogen-bond acceptors (Lipinski definition) is 8. The summed E-state index contributed by atoms with van der Waals surface area (Å²) in [5.41, 5.74) is 7.55. The van der Waals surface area contributed by atoms with E-state index in [4.69, 9.17) is 31.9 Å². The molecule has 1 aromatic heterocycles. The van der Waals surface area contributed by atoms with Crippen molar-refractivity contribution in [3.8, 4) is 22.6 Å². The number of ether oxygens (including phenoxy) is 2. The molecule has 2 unspecified atom stereocenters. The molecule has 0 radical (unpaired) electrons. The molecule has 4 aromatic carbocycles. The number of anilines is 1. The van der Waals surface area contributed by atoms with Crippen LogP contribution in [0.2, 0.25) is 5.02 Å². The minimum absolute atomic E-state index is 0.0126. The quantitative estimate of drug-likeness (QED) is 0.129. The van der Waals surface area contributed by atoms with Crippen LogP contribution in [-0.2, 0) is 22.2 Å². The molecule has 0 bridgehead atoms. The Morgan fingerprint density at radius 1 is 0.984 bits per heavy atom. The third-order valence-electron chi connectivity index (χ3n) is 13.9. The molecule has 334 valence electrons. The third kappa shape index (κ3) is 7.41. The van der Waals surface area contributed by atoms with E-state index in [0.29, 0.717) is 43.9 Å². The van der Waals surface area contributed by atoms with E-state index in [0.717, 1.165) is 47.7 Å². The lowest BCUT2D eigenvalue weighted by molar-refractivity contribution is -0.137. The molecule has 3 aliphatic heterocycles. The number of aromatic nitrogens is 2. The van der Waals surface area contributed by atoms with Crippen LogP contribution in [0.4, 0.5) is 19.4 Å². The van der Waals surface area contributed by atoms with E-state index < -0.39 is 35.1 Å². The summed E-state index contributed by atoms with van der Waals surface area (Å²) in [5.74, 6) is -2.62. The standard InChI is InChI=1S/C48H50ClF2N7O6/c1-26-38-36(24-34(50)41(49)40(38)39-32(44(52)60)16-17-35(63-3)42(39)51)64-48(26,29-8-5-4-6-9-29)25-53-30-14-12-28(13-15-30)46(61)57-21-18-27(19-22-57)31-10-7-11-33-43(31)56(2)55-45(33)58-23-20-37(59)54-47(58)62/h4-11,16-17,24,26-28,30,53H,12-15,18-23,25H2,1-3H3,(H2,52,60)(H,54,59,62). The van der Waals surface area contributed by atoms with Crippen molar-refractivity contribution in [1.29, 1.82) is 0 Å². The topological polar surface area (TPSA) is 161 Å². The number of hydrogen-bond donors (Lipinski definition) is 3. The number of likely N-dealkylation sites (tertiary alicyclic amines) is 1. The van der Waals surface area contributed by atoms with E-state index in [1.807, 2.05) is 66.0 Å². The first-order valence-corrected chi connectivity index (χ1v) is 22.2. The number of nitrogens with zero attached hydrogens (tertiary/aromatic N) is 4. The zero-order chi connectivity index (χ0) is 45.0. The summed E-state index contributed by atoms with van der Waals surface area (Å²) in [6.07, 6.45) is 4.77. The molecule has 13 nitrogen and oxygen atoms in total. The van der Waals surface area contributed by atoms with E-state index >= 15 is 8.78 Å². The van der Waals surface area contributed by atoms with Gasteiger partial charge >= 0.3 is 6.03 Å². The van der Waals surface area contributed by atoms with E-state index in [1.165, 1.54) is 30.2 Å². The molecule has 2 atom stereocenters. The van der Waals surface area contributed by atoms with E-state index in [1.54, 1.807) is 0 Å². The molecule has 4 N–H and O–H groups in total. The number of para-hydroxylation sites is 1. The van der Waals surface area contributed by atoms with E-state index in [9.17, 15) is 19.2 Å². The fourth-order valence-corrected chi connectivity index (χ4v) is 10.8. The number of imide groups is 1. The summed E-state index contributed by atoms with van der Waals surface area (Å²) in [4.78, 5) is 54.7. The number of primary amides is 1. The first-order chi connectivity index (χ1) is 30.8. The number of carbonyl (C=O) groups excluding carboxylic acids is 4. The van der Waals surface area contributed by atoms with Crippen LogP contribution in [0, 0.1) is 17.6 Å². The molecule has 4 heterocycles. The minimum Gasteiger partial charge on any atom is -0.494 e. The Balaban J connectivity index is 0.878. The second-order valence-electron chi connectivity index (χ2n) is 17.4. The molecule has 2 saturated heterocycles. The average Bonchev–Trinajstić information content (AvgIpc) is 3.79. The SMILES string of the molecule is COc1ccc(C(N)=O)c(-c2c(Cl)c(F)cc3c2C(C)C(CNC2CCC(C(=O)N4CCC(c5cccc6c(N7CCC(=O)NC7=O)nn(C)c56)CC4)CC2)(c2ccccc2)O3)c1F. The zero-order valence-corrected chi connectivity index (χ0v) is 36.6. The Labute approximate surface area is 374 Å². The first-order valence-electron chi connectivity index (χ1n) is 21.8. The Morgan fingerprint density at radius 3 is 2.41 bits per heavy atom. The molecule has 16 heteroatoms. The number of methoxy groups -OCH3 is 1. The molecule has 9 rings (SSSR count). The number of nitrogens with two attached hydrogens (primary N) is 1. The third-order valence-corrected chi connectivity index (χ3v) is 14.3. The van der Waals surface area contributed by atoms with Gasteiger partial charge in [-0.2, -0.15) is 5.10 Å². The van der Waals surface area contributed by atoms with Gasteiger partial charge in [-0.05, 0) is 73.8 Å². The monoisotopic (exact) mass is 893 g/mol. The van der Waals surface area contributed by atoms with Crippen LogP contribution in [0.15, 0.2) is 66.7 Å². The van der Waals surface area contributed by atoms with Crippen LogP contribution in [0.25, 0.3) is 22.0 Å². The number of urea groups is 1. The normalized spacial score (nSPS) is 22.6. The lowest BCUT2D eigenvalue weighted by Gasteiger charge is -2.38. The van der Waals surface area contributed by atoms with E-state index in [-0.39, 0.29) is 75.9 Å². The molecule has 64 heavy (non-hydrogen) atoms. The van der Waals surface area contributed by atoms with Gasteiger partial charge in [-0.25, -0.2) is 13.6 Å². The summed E-state index contributed by atoms with van der Waals surface area (Å²) >= 11 is 6.69.